The van der Waals surface area contributed by atoms with E-state index in [1.165, 1.54) is 0 Å². The number of fused-ring (bicyclic) bond motifs is 1. The first-order chi connectivity index (χ1) is 5.77. The van der Waals surface area contributed by atoms with E-state index in [-0.39, 0.29) is 5.28 Å². The molecule has 3 nitrogen and oxygen atoms in total. The summed E-state index contributed by atoms with van der Waals surface area (Å²) >= 11 is 5.62. The van der Waals surface area contributed by atoms with Crippen LogP contribution in [-0.4, -0.2) is 16.6 Å². The Morgan fingerprint density at radius 3 is 3.25 bits per heavy atom. The van der Waals surface area contributed by atoms with Gasteiger partial charge < -0.3 is 4.74 Å². The highest BCUT2D eigenvalue weighted by Gasteiger charge is 2.15. The maximum atomic E-state index is 5.62. The van der Waals surface area contributed by atoms with Crippen molar-refractivity contribution < 1.29 is 4.74 Å². The van der Waals surface area contributed by atoms with Crippen LogP contribution >= 0.6 is 11.6 Å². The smallest absolute Gasteiger partial charge is 0.223 e. The minimum absolute atomic E-state index is 0.236. The molecule has 1 aromatic heterocycles. The van der Waals surface area contributed by atoms with Crippen LogP contribution in [0.15, 0.2) is 12.8 Å². The summed E-state index contributed by atoms with van der Waals surface area (Å²) < 4.78 is 5.30. The summed E-state index contributed by atoms with van der Waals surface area (Å²) in [5.74, 6) is 0.677. The minimum Gasteiger partial charge on any atom is -0.489 e. The highest BCUT2D eigenvalue weighted by Crippen LogP contribution is 2.29. The summed E-state index contributed by atoms with van der Waals surface area (Å²) in [4.78, 5) is 7.84. The summed E-state index contributed by atoms with van der Waals surface area (Å²) in [6.07, 6.45) is 2.38. The van der Waals surface area contributed by atoms with Gasteiger partial charge >= 0.3 is 0 Å². The van der Waals surface area contributed by atoms with E-state index in [4.69, 9.17) is 16.3 Å². The third-order valence-corrected chi connectivity index (χ3v) is 1.90. The zero-order valence-electron chi connectivity index (χ0n) is 6.38. The number of aromatic nitrogens is 2. The summed E-state index contributed by atoms with van der Waals surface area (Å²) in [5, 5.41) is 0.236. The third kappa shape index (κ3) is 1.16. The molecule has 4 heteroatoms. The average Bonchev–Trinajstić information content (AvgIpc) is 2.07. The normalized spacial score (nSPS) is 15.2. The molecule has 0 saturated heterocycles. The first-order valence-corrected chi connectivity index (χ1v) is 3.98. The van der Waals surface area contributed by atoms with E-state index >= 15 is 0 Å². The van der Waals surface area contributed by atoms with Crippen LogP contribution in [0.3, 0.4) is 0 Å². The molecule has 1 aliphatic rings. The molecule has 0 N–H and O–H groups in total. The van der Waals surface area contributed by atoms with Crippen molar-refractivity contribution in [2.45, 2.75) is 6.42 Å². The van der Waals surface area contributed by atoms with E-state index < -0.39 is 0 Å². The first-order valence-electron chi connectivity index (χ1n) is 3.61. The SMILES string of the molecule is C=C1CCOc2cnc(Cl)nc21. The fourth-order valence-corrected chi connectivity index (χ4v) is 1.24. The van der Waals surface area contributed by atoms with E-state index in [2.05, 4.69) is 16.5 Å². The molecule has 0 bridgehead atoms. The van der Waals surface area contributed by atoms with Crippen LogP contribution in [0.2, 0.25) is 5.28 Å². The fourth-order valence-electron chi connectivity index (χ4n) is 1.11. The summed E-state index contributed by atoms with van der Waals surface area (Å²) in [6, 6.07) is 0. The summed E-state index contributed by atoms with van der Waals surface area (Å²) in [5.41, 5.74) is 1.70. The standard InChI is InChI=1S/C8H7ClN2O/c1-5-2-3-12-6-4-10-8(9)11-7(5)6/h4H,1-3H2. The molecule has 0 unspecified atom stereocenters. The minimum atomic E-state index is 0.236. The highest BCUT2D eigenvalue weighted by molar-refractivity contribution is 6.28. The Bertz CT molecular complexity index is 338. The van der Waals surface area contributed by atoms with E-state index in [0.717, 1.165) is 17.7 Å². The van der Waals surface area contributed by atoms with Crippen molar-refractivity contribution >= 4 is 17.2 Å². The van der Waals surface area contributed by atoms with Crippen LogP contribution in [0.4, 0.5) is 0 Å². The molecular formula is C8H7ClN2O. The molecule has 1 aromatic rings. The lowest BCUT2D eigenvalue weighted by atomic mass is 10.1. The maximum Gasteiger partial charge on any atom is 0.223 e. The monoisotopic (exact) mass is 182 g/mol. The van der Waals surface area contributed by atoms with E-state index in [1.54, 1.807) is 6.20 Å². The lowest BCUT2D eigenvalue weighted by Crippen LogP contribution is -2.09. The number of hydrogen-bond donors (Lipinski definition) is 0. The molecule has 0 spiro atoms. The Morgan fingerprint density at radius 1 is 1.58 bits per heavy atom. The Balaban J connectivity index is 2.54. The quantitative estimate of drug-likeness (QED) is 0.575. The molecule has 0 aliphatic carbocycles. The number of rotatable bonds is 0. The van der Waals surface area contributed by atoms with Crippen LogP contribution in [0.1, 0.15) is 12.1 Å². The molecule has 2 rings (SSSR count). The van der Waals surface area contributed by atoms with Gasteiger partial charge in [0.05, 0.1) is 12.8 Å². The zero-order valence-corrected chi connectivity index (χ0v) is 7.14. The van der Waals surface area contributed by atoms with Gasteiger partial charge in [0.15, 0.2) is 5.75 Å². The first kappa shape index (κ1) is 7.55. The Labute approximate surface area is 75.1 Å². The molecule has 2 heterocycles. The summed E-state index contributed by atoms with van der Waals surface area (Å²) in [6.45, 7) is 4.52. The van der Waals surface area contributed by atoms with Crippen molar-refractivity contribution in [3.8, 4) is 5.75 Å². The van der Waals surface area contributed by atoms with Gasteiger partial charge in [-0.3, -0.25) is 0 Å². The topological polar surface area (TPSA) is 35.0 Å². The maximum absolute atomic E-state index is 5.62. The van der Waals surface area contributed by atoms with Crippen molar-refractivity contribution in [2.24, 2.45) is 0 Å². The second-order valence-corrected chi connectivity index (χ2v) is 2.89. The Kier molecular flexibility index (Phi) is 1.73. The van der Waals surface area contributed by atoms with E-state index in [0.29, 0.717) is 12.4 Å². The van der Waals surface area contributed by atoms with Crippen molar-refractivity contribution in [1.29, 1.82) is 0 Å². The molecule has 0 aromatic carbocycles. The van der Waals surface area contributed by atoms with Crippen LogP contribution in [0.25, 0.3) is 5.57 Å². The number of nitrogens with zero attached hydrogens (tertiary/aromatic N) is 2. The van der Waals surface area contributed by atoms with Crippen LogP contribution in [0.5, 0.6) is 5.75 Å². The van der Waals surface area contributed by atoms with E-state index in [1.807, 2.05) is 0 Å². The summed E-state index contributed by atoms with van der Waals surface area (Å²) in [7, 11) is 0. The molecular weight excluding hydrogens is 176 g/mol. The molecule has 0 amide bonds. The number of ether oxygens (including phenoxy) is 1. The van der Waals surface area contributed by atoms with Gasteiger partial charge in [-0.2, -0.15) is 0 Å². The predicted octanol–water partition coefficient (Wildman–Crippen LogP) is 1.93. The van der Waals surface area contributed by atoms with Gasteiger partial charge in [-0.1, -0.05) is 6.58 Å². The molecule has 62 valence electrons. The fraction of sp³-hybridized carbons (Fsp3) is 0.250. The van der Waals surface area contributed by atoms with Gasteiger partial charge in [0.1, 0.15) is 5.69 Å². The molecule has 12 heavy (non-hydrogen) atoms. The van der Waals surface area contributed by atoms with Crippen LogP contribution < -0.4 is 4.74 Å². The lowest BCUT2D eigenvalue weighted by molar-refractivity contribution is 0.313. The van der Waals surface area contributed by atoms with Crippen molar-refractivity contribution in [3.63, 3.8) is 0 Å². The van der Waals surface area contributed by atoms with Crippen LogP contribution in [0, 0.1) is 0 Å². The predicted molar refractivity (Wildman–Crippen MR) is 46.2 cm³/mol. The van der Waals surface area contributed by atoms with Gasteiger partial charge in [0.2, 0.25) is 5.28 Å². The molecule has 0 saturated carbocycles. The number of hydrogen-bond acceptors (Lipinski definition) is 3. The third-order valence-electron chi connectivity index (χ3n) is 1.72. The van der Waals surface area contributed by atoms with Crippen molar-refractivity contribution in [1.82, 2.24) is 9.97 Å². The van der Waals surface area contributed by atoms with Gasteiger partial charge in [-0.25, -0.2) is 9.97 Å². The lowest BCUT2D eigenvalue weighted by Gasteiger charge is -2.17. The molecule has 0 radical (unpaired) electrons. The average molecular weight is 183 g/mol. The number of halogens is 1. The largest absolute Gasteiger partial charge is 0.489 e. The molecule has 0 fully saturated rings. The van der Waals surface area contributed by atoms with Gasteiger partial charge in [-0.05, 0) is 17.2 Å². The van der Waals surface area contributed by atoms with Crippen LogP contribution in [-0.2, 0) is 0 Å². The Morgan fingerprint density at radius 2 is 2.42 bits per heavy atom. The van der Waals surface area contributed by atoms with E-state index in [9.17, 15) is 0 Å². The zero-order chi connectivity index (χ0) is 8.55. The highest BCUT2D eigenvalue weighted by atomic mass is 35.5. The second-order valence-electron chi connectivity index (χ2n) is 2.55. The second kappa shape index (κ2) is 2.75. The van der Waals surface area contributed by atoms with Gasteiger partial charge in [0.25, 0.3) is 0 Å². The molecule has 0 atom stereocenters. The van der Waals surface area contributed by atoms with Gasteiger partial charge in [-0.15, -0.1) is 0 Å². The van der Waals surface area contributed by atoms with Crippen molar-refractivity contribution in [2.75, 3.05) is 6.61 Å². The van der Waals surface area contributed by atoms with Crippen molar-refractivity contribution in [3.05, 3.63) is 23.8 Å². The molecule has 1 aliphatic heterocycles. The Hall–Kier alpha value is -1.09. The van der Waals surface area contributed by atoms with Gasteiger partial charge in [0, 0.05) is 6.42 Å².